The molecule has 0 bridgehead atoms. The van der Waals surface area contributed by atoms with E-state index in [4.69, 9.17) is 5.11 Å². The van der Waals surface area contributed by atoms with Crippen molar-refractivity contribution < 1.29 is 9.90 Å². The Hall–Kier alpha value is -1.19. The molecular weight excluding hydrogens is 226 g/mol. The van der Waals surface area contributed by atoms with Crippen LogP contribution in [0.3, 0.4) is 0 Å². The third-order valence-electron chi connectivity index (χ3n) is 2.99. The molecule has 0 aromatic heterocycles. The molecule has 0 radical (unpaired) electrons. The molecule has 0 saturated carbocycles. The van der Waals surface area contributed by atoms with Gasteiger partial charge in [-0.15, -0.1) is 0 Å². The van der Waals surface area contributed by atoms with Crippen molar-refractivity contribution in [1.29, 1.82) is 0 Å². The maximum absolute atomic E-state index is 11.2. The Kier molecular flexibility index (Phi) is 7.30. The highest BCUT2D eigenvalue weighted by Crippen LogP contribution is 2.06. The van der Waals surface area contributed by atoms with Gasteiger partial charge in [0.25, 0.3) is 0 Å². The number of hydrogen-bond donors (Lipinski definition) is 1. The lowest BCUT2D eigenvalue weighted by Gasteiger charge is -2.21. The first-order valence-corrected chi connectivity index (χ1v) is 6.65. The molecule has 3 nitrogen and oxygen atoms in total. The van der Waals surface area contributed by atoms with Crippen LogP contribution in [0.15, 0.2) is 30.3 Å². The second-order valence-corrected chi connectivity index (χ2v) is 4.48. The van der Waals surface area contributed by atoms with Gasteiger partial charge in [0.05, 0.1) is 6.61 Å². The summed E-state index contributed by atoms with van der Waals surface area (Å²) in [7, 11) is 0. The molecule has 0 aliphatic heterocycles. The summed E-state index contributed by atoms with van der Waals surface area (Å²) in [5.74, 6) is 0.318. The summed E-state index contributed by atoms with van der Waals surface area (Å²) in [6.45, 7) is 4.42. The smallest absolute Gasteiger partial charge is 0.132 e. The zero-order chi connectivity index (χ0) is 13.2. The standard InChI is InChI=1S/C15H23NO2/c1-2-15(18)9-6-10-16(11-12-17)13-14-7-4-3-5-8-14/h3-5,7-8,17H,2,6,9-13H2,1H3. The van der Waals surface area contributed by atoms with Crippen LogP contribution in [0, 0.1) is 0 Å². The Labute approximate surface area is 109 Å². The van der Waals surface area contributed by atoms with E-state index in [1.54, 1.807) is 0 Å². The van der Waals surface area contributed by atoms with Crippen LogP contribution >= 0.6 is 0 Å². The van der Waals surface area contributed by atoms with Gasteiger partial charge in [0.2, 0.25) is 0 Å². The molecule has 0 fully saturated rings. The van der Waals surface area contributed by atoms with E-state index in [-0.39, 0.29) is 6.61 Å². The average Bonchev–Trinajstić information content (AvgIpc) is 2.40. The van der Waals surface area contributed by atoms with Crippen molar-refractivity contribution >= 4 is 5.78 Å². The largest absolute Gasteiger partial charge is 0.395 e. The van der Waals surface area contributed by atoms with E-state index in [1.807, 2.05) is 25.1 Å². The van der Waals surface area contributed by atoms with Crippen molar-refractivity contribution in [3.8, 4) is 0 Å². The Balaban J connectivity index is 2.37. The Morgan fingerprint density at radius 1 is 1.22 bits per heavy atom. The molecule has 100 valence electrons. The number of carbonyl (C=O) groups excluding carboxylic acids is 1. The summed E-state index contributed by atoms with van der Waals surface area (Å²) in [6, 6.07) is 10.2. The normalized spacial score (nSPS) is 10.8. The van der Waals surface area contributed by atoms with Gasteiger partial charge in [-0.2, -0.15) is 0 Å². The lowest BCUT2D eigenvalue weighted by atomic mass is 10.1. The molecule has 1 rings (SSSR count). The van der Waals surface area contributed by atoms with Gasteiger partial charge in [0.15, 0.2) is 0 Å². The first-order chi connectivity index (χ1) is 8.76. The topological polar surface area (TPSA) is 40.5 Å². The molecule has 1 aromatic rings. The molecule has 0 unspecified atom stereocenters. The van der Waals surface area contributed by atoms with Crippen molar-refractivity contribution in [1.82, 2.24) is 4.90 Å². The fourth-order valence-electron chi connectivity index (χ4n) is 1.93. The number of hydrogen-bond acceptors (Lipinski definition) is 3. The van der Waals surface area contributed by atoms with Gasteiger partial charge in [-0.1, -0.05) is 37.3 Å². The highest BCUT2D eigenvalue weighted by atomic mass is 16.3. The van der Waals surface area contributed by atoms with Gasteiger partial charge in [0.1, 0.15) is 5.78 Å². The molecule has 0 saturated heterocycles. The van der Waals surface area contributed by atoms with E-state index in [2.05, 4.69) is 17.0 Å². The average molecular weight is 249 g/mol. The van der Waals surface area contributed by atoms with Gasteiger partial charge in [0, 0.05) is 25.9 Å². The fourth-order valence-corrected chi connectivity index (χ4v) is 1.93. The van der Waals surface area contributed by atoms with E-state index >= 15 is 0 Å². The third-order valence-corrected chi connectivity index (χ3v) is 2.99. The van der Waals surface area contributed by atoms with E-state index in [0.29, 0.717) is 25.2 Å². The van der Waals surface area contributed by atoms with E-state index in [1.165, 1.54) is 5.56 Å². The Bertz CT molecular complexity index is 338. The van der Waals surface area contributed by atoms with Crippen molar-refractivity contribution in [2.24, 2.45) is 0 Å². The predicted molar refractivity (Wildman–Crippen MR) is 73.3 cm³/mol. The number of nitrogens with zero attached hydrogens (tertiary/aromatic N) is 1. The van der Waals surface area contributed by atoms with Crippen molar-refractivity contribution in [2.45, 2.75) is 32.7 Å². The van der Waals surface area contributed by atoms with Crippen LogP contribution in [0.2, 0.25) is 0 Å². The molecule has 1 aromatic carbocycles. The van der Waals surface area contributed by atoms with Crippen LogP contribution in [0.1, 0.15) is 31.7 Å². The minimum Gasteiger partial charge on any atom is -0.395 e. The Morgan fingerprint density at radius 3 is 2.56 bits per heavy atom. The lowest BCUT2D eigenvalue weighted by molar-refractivity contribution is -0.118. The summed E-state index contributed by atoms with van der Waals surface area (Å²) in [5.41, 5.74) is 1.24. The molecule has 0 spiro atoms. The molecule has 0 amide bonds. The van der Waals surface area contributed by atoms with E-state index in [0.717, 1.165) is 19.5 Å². The van der Waals surface area contributed by atoms with Gasteiger partial charge in [-0.05, 0) is 18.5 Å². The van der Waals surface area contributed by atoms with Crippen LogP contribution in [0.5, 0.6) is 0 Å². The third kappa shape index (κ3) is 5.94. The first-order valence-electron chi connectivity index (χ1n) is 6.65. The van der Waals surface area contributed by atoms with Crippen LogP contribution < -0.4 is 0 Å². The van der Waals surface area contributed by atoms with Gasteiger partial charge < -0.3 is 5.11 Å². The summed E-state index contributed by atoms with van der Waals surface area (Å²) in [6.07, 6.45) is 2.14. The van der Waals surface area contributed by atoms with Crippen LogP contribution in [0.4, 0.5) is 0 Å². The summed E-state index contributed by atoms with van der Waals surface area (Å²) >= 11 is 0. The maximum Gasteiger partial charge on any atom is 0.132 e. The molecular formula is C15H23NO2. The number of benzene rings is 1. The van der Waals surface area contributed by atoms with Crippen molar-refractivity contribution in [3.05, 3.63) is 35.9 Å². The zero-order valence-electron chi connectivity index (χ0n) is 11.1. The monoisotopic (exact) mass is 249 g/mol. The molecule has 3 heteroatoms. The van der Waals surface area contributed by atoms with Crippen LogP contribution in [-0.2, 0) is 11.3 Å². The number of Topliss-reactive ketones (excluding diaryl/α,β-unsaturated/α-hetero) is 1. The molecule has 1 N–H and O–H groups in total. The summed E-state index contributed by atoms with van der Waals surface area (Å²) in [5, 5.41) is 9.06. The van der Waals surface area contributed by atoms with Crippen LogP contribution in [-0.4, -0.2) is 35.5 Å². The molecule has 18 heavy (non-hydrogen) atoms. The number of aliphatic hydroxyl groups excluding tert-OH is 1. The van der Waals surface area contributed by atoms with Crippen LogP contribution in [0.25, 0.3) is 0 Å². The maximum atomic E-state index is 11.2. The predicted octanol–water partition coefficient (Wildman–Crippen LogP) is 2.24. The van der Waals surface area contributed by atoms with E-state index in [9.17, 15) is 4.79 Å². The molecule has 0 aliphatic rings. The Morgan fingerprint density at radius 2 is 1.94 bits per heavy atom. The van der Waals surface area contributed by atoms with Gasteiger partial charge in [-0.3, -0.25) is 9.69 Å². The molecule has 0 atom stereocenters. The lowest BCUT2D eigenvalue weighted by Crippen LogP contribution is -2.27. The highest BCUT2D eigenvalue weighted by Gasteiger charge is 2.06. The van der Waals surface area contributed by atoms with E-state index < -0.39 is 0 Å². The number of rotatable bonds is 9. The number of carbonyl (C=O) groups is 1. The fraction of sp³-hybridized carbons (Fsp3) is 0.533. The highest BCUT2D eigenvalue weighted by molar-refractivity contribution is 5.77. The number of aliphatic hydroxyl groups is 1. The number of ketones is 1. The SMILES string of the molecule is CCC(=O)CCCN(CCO)Cc1ccccc1. The zero-order valence-corrected chi connectivity index (χ0v) is 11.1. The second-order valence-electron chi connectivity index (χ2n) is 4.48. The summed E-state index contributed by atoms with van der Waals surface area (Å²) in [4.78, 5) is 13.4. The molecule has 0 aliphatic carbocycles. The van der Waals surface area contributed by atoms with Crippen molar-refractivity contribution in [2.75, 3.05) is 19.7 Å². The van der Waals surface area contributed by atoms with Crippen molar-refractivity contribution in [3.63, 3.8) is 0 Å². The molecule has 0 heterocycles. The second kappa shape index (κ2) is 8.84. The quantitative estimate of drug-likeness (QED) is 0.729. The minimum atomic E-state index is 0.161. The van der Waals surface area contributed by atoms with Gasteiger partial charge >= 0.3 is 0 Å². The summed E-state index contributed by atoms with van der Waals surface area (Å²) < 4.78 is 0. The first kappa shape index (κ1) is 14.9. The minimum absolute atomic E-state index is 0.161. The van der Waals surface area contributed by atoms with Gasteiger partial charge in [-0.25, -0.2) is 0 Å².